The van der Waals surface area contributed by atoms with Crippen molar-refractivity contribution < 1.29 is 0 Å². The Hall–Kier alpha value is -2.48. The number of hydrogen-bond acceptors (Lipinski definition) is 2. The lowest BCUT2D eigenvalue weighted by Gasteiger charge is -2.07. The molecule has 20 heavy (non-hydrogen) atoms. The molecule has 2 heteroatoms. The molecule has 0 amide bonds. The van der Waals surface area contributed by atoms with Gasteiger partial charge in [0.05, 0.1) is 5.69 Å². The van der Waals surface area contributed by atoms with Crippen molar-refractivity contribution in [1.29, 1.82) is 0 Å². The van der Waals surface area contributed by atoms with Crippen LogP contribution in [0.4, 0.5) is 0 Å². The van der Waals surface area contributed by atoms with Crippen molar-refractivity contribution >= 4 is 0 Å². The first-order chi connectivity index (χ1) is 9.72. The van der Waals surface area contributed by atoms with Gasteiger partial charge >= 0.3 is 0 Å². The largest absolute Gasteiger partial charge is 0.233 e. The van der Waals surface area contributed by atoms with Crippen LogP contribution in [0, 0.1) is 13.8 Å². The summed E-state index contributed by atoms with van der Waals surface area (Å²) in [6.45, 7) is 4.10. The molecule has 0 unspecified atom stereocenters. The minimum atomic E-state index is 0.780. The van der Waals surface area contributed by atoms with E-state index in [4.69, 9.17) is 4.98 Å². The Morgan fingerprint density at radius 3 is 2.20 bits per heavy atom. The lowest BCUT2D eigenvalue weighted by Crippen LogP contribution is -1.95. The Balaban J connectivity index is 2.12. The highest BCUT2D eigenvalue weighted by molar-refractivity contribution is 5.64. The Labute approximate surface area is 119 Å². The van der Waals surface area contributed by atoms with Crippen LogP contribution in [0.25, 0.3) is 22.6 Å². The molecule has 0 atom stereocenters. The fourth-order valence-corrected chi connectivity index (χ4v) is 2.24. The van der Waals surface area contributed by atoms with Gasteiger partial charge in [-0.15, -0.1) is 0 Å². The van der Waals surface area contributed by atoms with E-state index < -0.39 is 0 Å². The van der Waals surface area contributed by atoms with E-state index in [0.717, 1.165) is 28.3 Å². The average Bonchev–Trinajstić information content (AvgIpc) is 2.47. The smallest absolute Gasteiger partial charge is 0.160 e. The molecule has 0 spiro atoms. The molecule has 0 aliphatic rings. The number of nitrogens with zero attached hydrogens (tertiary/aromatic N) is 2. The lowest BCUT2D eigenvalue weighted by atomic mass is 10.1. The van der Waals surface area contributed by atoms with Crippen LogP contribution in [0.5, 0.6) is 0 Å². The monoisotopic (exact) mass is 260 g/mol. The number of benzene rings is 2. The molecule has 2 nitrogen and oxygen atoms in total. The van der Waals surface area contributed by atoms with Crippen molar-refractivity contribution in [3.8, 4) is 22.6 Å². The van der Waals surface area contributed by atoms with Gasteiger partial charge in [0.1, 0.15) is 0 Å². The summed E-state index contributed by atoms with van der Waals surface area (Å²) in [4.78, 5) is 9.24. The number of aromatic nitrogens is 2. The van der Waals surface area contributed by atoms with E-state index >= 15 is 0 Å². The summed E-state index contributed by atoms with van der Waals surface area (Å²) in [6.07, 6.45) is 0. The third kappa shape index (κ3) is 2.59. The van der Waals surface area contributed by atoms with Crippen molar-refractivity contribution in [3.05, 3.63) is 71.9 Å². The molecule has 0 fully saturated rings. The molecule has 2 aromatic carbocycles. The maximum atomic E-state index is 4.70. The van der Waals surface area contributed by atoms with Crippen LogP contribution in [-0.4, -0.2) is 9.97 Å². The fraction of sp³-hybridized carbons (Fsp3) is 0.111. The summed E-state index contributed by atoms with van der Waals surface area (Å²) in [5.74, 6) is 0.780. The van der Waals surface area contributed by atoms with E-state index in [2.05, 4.69) is 36.2 Å². The Kier molecular flexibility index (Phi) is 3.30. The predicted octanol–water partition coefficient (Wildman–Crippen LogP) is 4.43. The number of rotatable bonds is 2. The summed E-state index contributed by atoms with van der Waals surface area (Å²) in [5, 5.41) is 0. The molecule has 0 saturated heterocycles. The standard InChI is InChI=1S/C18H16N2/c1-13-7-6-10-16(11-13)17-12-14(2)19-18(20-17)15-8-4-3-5-9-15/h3-12H,1-2H3. The summed E-state index contributed by atoms with van der Waals surface area (Å²) < 4.78 is 0. The second kappa shape index (κ2) is 5.25. The molecular formula is C18H16N2. The topological polar surface area (TPSA) is 25.8 Å². The minimum absolute atomic E-state index is 0.780. The molecule has 1 heterocycles. The minimum Gasteiger partial charge on any atom is -0.233 e. The van der Waals surface area contributed by atoms with Gasteiger partial charge < -0.3 is 0 Å². The fourth-order valence-electron chi connectivity index (χ4n) is 2.24. The Morgan fingerprint density at radius 2 is 1.45 bits per heavy atom. The summed E-state index contributed by atoms with van der Waals surface area (Å²) in [7, 11) is 0. The van der Waals surface area contributed by atoms with Gasteiger partial charge in [0.2, 0.25) is 0 Å². The first-order valence-electron chi connectivity index (χ1n) is 6.70. The molecule has 98 valence electrons. The van der Waals surface area contributed by atoms with Crippen molar-refractivity contribution in [1.82, 2.24) is 9.97 Å². The quantitative estimate of drug-likeness (QED) is 0.681. The summed E-state index contributed by atoms with van der Waals surface area (Å²) in [5.41, 5.74) is 5.37. The van der Waals surface area contributed by atoms with E-state index in [0.29, 0.717) is 0 Å². The molecule has 1 aromatic heterocycles. The van der Waals surface area contributed by atoms with E-state index in [1.54, 1.807) is 0 Å². The zero-order valence-electron chi connectivity index (χ0n) is 11.7. The van der Waals surface area contributed by atoms with E-state index in [1.807, 2.05) is 43.3 Å². The number of hydrogen-bond donors (Lipinski definition) is 0. The molecule has 0 aliphatic carbocycles. The first kappa shape index (κ1) is 12.5. The van der Waals surface area contributed by atoms with Crippen LogP contribution in [0.1, 0.15) is 11.3 Å². The molecule has 0 saturated carbocycles. The second-order valence-corrected chi connectivity index (χ2v) is 4.95. The predicted molar refractivity (Wildman–Crippen MR) is 82.4 cm³/mol. The van der Waals surface area contributed by atoms with Crippen LogP contribution >= 0.6 is 0 Å². The lowest BCUT2D eigenvalue weighted by molar-refractivity contribution is 1.11. The van der Waals surface area contributed by atoms with E-state index in [9.17, 15) is 0 Å². The van der Waals surface area contributed by atoms with Gasteiger partial charge in [0.25, 0.3) is 0 Å². The molecule has 3 aromatic rings. The van der Waals surface area contributed by atoms with E-state index in [-0.39, 0.29) is 0 Å². The Morgan fingerprint density at radius 1 is 0.700 bits per heavy atom. The molecule has 0 radical (unpaired) electrons. The average molecular weight is 260 g/mol. The zero-order chi connectivity index (χ0) is 13.9. The van der Waals surface area contributed by atoms with Crippen molar-refractivity contribution in [2.75, 3.05) is 0 Å². The van der Waals surface area contributed by atoms with Gasteiger partial charge in [-0.05, 0) is 26.0 Å². The maximum Gasteiger partial charge on any atom is 0.160 e. The van der Waals surface area contributed by atoms with Crippen molar-refractivity contribution in [2.24, 2.45) is 0 Å². The maximum absolute atomic E-state index is 4.70. The van der Waals surface area contributed by atoms with Crippen molar-refractivity contribution in [3.63, 3.8) is 0 Å². The summed E-state index contributed by atoms with van der Waals surface area (Å²) >= 11 is 0. The van der Waals surface area contributed by atoms with Gasteiger partial charge in [-0.3, -0.25) is 0 Å². The van der Waals surface area contributed by atoms with Gasteiger partial charge in [-0.2, -0.15) is 0 Å². The highest BCUT2D eigenvalue weighted by atomic mass is 14.9. The van der Waals surface area contributed by atoms with Crippen LogP contribution < -0.4 is 0 Å². The normalized spacial score (nSPS) is 10.5. The second-order valence-electron chi connectivity index (χ2n) is 4.95. The molecule has 3 rings (SSSR count). The van der Waals surface area contributed by atoms with Crippen LogP contribution in [0.15, 0.2) is 60.7 Å². The number of aryl methyl sites for hydroxylation is 2. The van der Waals surface area contributed by atoms with Gasteiger partial charge in [0, 0.05) is 16.8 Å². The molecule has 0 aliphatic heterocycles. The van der Waals surface area contributed by atoms with Crippen LogP contribution in [0.3, 0.4) is 0 Å². The van der Waals surface area contributed by atoms with Gasteiger partial charge in [-0.1, -0.05) is 54.1 Å². The summed E-state index contributed by atoms with van der Waals surface area (Å²) in [6, 6.07) is 20.5. The van der Waals surface area contributed by atoms with Gasteiger partial charge in [-0.25, -0.2) is 9.97 Å². The highest BCUT2D eigenvalue weighted by Crippen LogP contribution is 2.22. The molecule has 0 bridgehead atoms. The molecular weight excluding hydrogens is 244 g/mol. The van der Waals surface area contributed by atoms with Gasteiger partial charge in [0.15, 0.2) is 5.82 Å². The third-order valence-corrected chi connectivity index (χ3v) is 3.20. The first-order valence-corrected chi connectivity index (χ1v) is 6.70. The van der Waals surface area contributed by atoms with Crippen LogP contribution in [-0.2, 0) is 0 Å². The zero-order valence-corrected chi connectivity index (χ0v) is 11.7. The van der Waals surface area contributed by atoms with Crippen LogP contribution in [0.2, 0.25) is 0 Å². The SMILES string of the molecule is Cc1cccc(-c2cc(C)nc(-c3ccccc3)n2)c1. The van der Waals surface area contributed by atoms with Crippen molar-refractivity contribution in [2.45, 2.75) is 13.8 Å². The highest BCUT2D eigenvalue weighted by Gasteiger charge is 2.06. The van der Waals surface area contributed by atoms with E-state index in [1.165, 1.54) is 5.56 Å². The Bertz CT molecular complexity index is 733. The third-order valence-electron chi connectivity index (χ3n) is 3.20. The molecule has 0 N–H and O–H groups in total.